The lowest BCUT2D eigenvalue weighted by molar-refractivity contribution is -0.119. The van der Waals surface area contributed by atoms with Gasteiger partial charge in [-0.1, -0.05) is 54.6 Å². The fourth-order valence-electron chi connectivity index (χ4n) is 3.68. The molecule has 4 aromatic rings. The van der Waals surface area contributed by atoms with Gasteiger partial charge in [-0.05, 0) is 24.3 Å². The molecule has 1 heterocycles. The lowest BCUT2D eigenvalue weighted by Gasteiger charge is -2.21. The van der Waals surface area contributed by atoms with Gasteiger partial charge in [0.25, 0.3) is 0 Å². The summed E-state index contributed by atoms with van der Waals surface area (Å²) in [4.78, 5) is 19.7. The zero-order valence-electron chi connectivity index (χ0n) is 18.7. The molecule has 0 spiro atoms. The van der Waals surface area contributed by atoms with Crippen LogP contribution < -0.4 is 9.62 Å². The molecule has 0 saturated carbocycles. The number of H-pyrrole nitrogens is 1. The zero-order chi connectivity index (χ0) is 24.3. The Bertz CT molecular complexity index is 1480. The fraction of sp³-hybridized carbons (Fsp3) is 0.120. The highest BCUT2D eigenvalue weighted by molar-refractivity contribution is 7.92. The van der Waals surface area contributed by atoms with Crippen LogP contribution in [0.2, 0.25) is 0 Å². The predicted octanol–water partition coefficient (Wildman–Crippen LogP) is 3.55. The molecule has 174 valence electrons. The number of benzene rings is 3. The first-order valence-corrected chi connectivity index (χ1v) is 12.4. The van der Waals surface area contributed by atoms with E-state index in [0.717, 1.165) is 27.0 Å². The van der Waals surface area contributed by atoms with Crippen molar-refractivity contribution in [3.63, 3.8) is 0 Å². The van der Waals surface area contributed by atoms with Crippen molar-refractivity contribution in [1.82, 2.24) is 10.3 Å². The van der Waals surface area contributed by atoms with Crippen LogP contribution in [0.15, 0.2) is 83.9 Å². The maximum absolute atomic E-state index is 12.4. The van der Waals surface area contributed by atoms with Crippen LogP contribution in [0.3, 0.4) is 0 Å². The minimum atomic E-state index is -3.72. The molecule has 0 fully saturated rings. The number of carbonyl (C=O) groups excluding carboxylic acids is 1. The second kappa shape index (κ2) is 9.40. The second-order valence-corrected chi connectivity index (χ2v) is 9.59. The minimum Gasteiger partial charge on any atom is -0.494 e. The maximum Gasteiger partial charge on any atom is 0.240 e. The van der Waals surface area contributed by atoms with Gasteiger partial charge in [-0.3, -0.25) is 9.10 Å². The van der Waals surface area contributed by atoms with Crippen molar-refractivity contribution >= 4 is 43.9 Å². The van der Waals surface area contributed by atoms with E-state index in [1.807, 2.05) is 54.6 Å². The Balaban J connectivity index is 1.88. The number of hydrogen-bond donors (Lipinski definition) is 3. The van der Waals surface area contributed by atoms with E-state index in [0.29, 0.717) is 22.6 Å². The number of aromatic hydroxyl groups is 1. The molecular formula is C25H24N4O4S. The van der Waals surface area contributed by atoms with E-state index in [2.05, 4.69) is 10.3 Å². The highest BCUT2D eigenvalue weighted by Gasteiger charge is 2.22. The minimum absolute atomic E-state index is 0.0164. The van der Waals surface area contributed by atoms with Crippen LogP contribution in [-0.4, -0.2) is 50.0 Å². The van der Waals surface area contributed by atoms with Crippen LogP contribution >= 0.6 is 0 Å². The third kappa shape index (κ3) is 4.79. The van der Waals surface area contributed by atoms with Crippen molar-refractivity contribution in [1.29, 1.82) is 0 Å². The maximum atomic E-state index is 12.4. The molecule has 1 aromatic heterocycles. The Morgan fingerprint density at radius 1 is 1.03 bits per heavy atom. The number of aromatic nitrogens is 1. The average Bonchev–Trinajstić information content (AvgIpc) is 3.16. The monoisotopic (exact) mass is 476 g/mol. The normalized spacial score (nSPS) is 12.0. The molecule has 9 heteroatoms. The van der Waals surface area contributed by atoms with Gasteiger partial charge in [0.2, 0.25) is 15.9 Å². The number of hydrogen-bond acceptors (Lipinski definition) is 5. The third-order valence-corrected chi connectivity index (χ3v) is 6.44. The molecule has 0 aliphatic rings. The Morgan fingerprint density at radius 3 is 2.44 bits per heavy atom. The molecule has 0 aliphatic heterocycles. The standard InChI is InChI=1S/C25H24N4O4S/c1-26-22(30)16-29(34(2,32)33)19-12-8-11-18(15-19)27-24(17-9-4-3-5-10-17)23-20-13-6-7-14-21(20)28-25(23)31/h3-15,28,31H,16H2,1-2H3,(H,26,30). The molecule has 0 bridgehead atoms. The Labute approximate surface area is 197 Å². The van der Waals surface area contributed by atoms with E-state index in [-0.39, 0.29) is 12.4 Å². The molecule has 3 N–H and O–H groups in total. The number of likely N-dealkylation sites (N-methyl/N-ethyl adjacent to an activating group) is 1. The number of rotatable bonds is 7. The van der Waals surface area contributed by atoms with Crippen molar-refractivity contribution in [2.75, 3.05) is 24.2 Å². The van der Waals surface area contributed by atoms with E-state index in [1.54, 1.807) is 24.3 Å². The van der Waals surface area contributed by atoms with Gasteiger partial charge in [-0.25, -0.2) is 13.4 Å². The highest BCUT2D eigenvalue weighted by atomic mass is 32.2. The number of nitrogens with zero attached hydrogens (tertiary/aromatic N) is 2. The van der Waals surface area contributed by atoms with Gasteiger partial charge in [0.05, 0.1) is 28.9 Å². The summed E-state index contributed by atoms with van der Waals surface area (Å²) in [7, 11) is -2.27. The fourth-order valence-corrected chi connectivity index (χ4v) is 4.53. The van der Waals surface area contributed by atoms with Crippen LogP contribution in [0.5, 0.6) is 5.88 Å². The third-order valence-electron chi connectivity index (χ3n) is 5.30. The summed E-state index contributed by atoms with van der Waals surface area (Å²) in [5.41, 5.74) is 3.37. The summed E-state index contributed by atoms with van der Waals surface area (Å²) in [5, 5.41) is 14.0. The number of para-hydroxylation sites is 1. The molecule has 0 aliphatic carbocycles. The van der Waals surface area contributed by atoms with Gasteiger partial charge in [-0.15, -0.1) is 0 Å². The summed E-state index contributed by atoms with van der Waals surface area (Å²) in [6.45, 7) is -0.350. The Hall–Kier alpha value is -4.11. The van der Waals surface area contributed by atoms with Crippen molar-refractivity contribution < 1.29 is 18.3 Å². The van der Waals surface area contributed by atoms with E-state index >= 15 is 0 Å². The number of amides is 1. The number of anilines is 1. The quantitative estimate of drug-likeness (QED) is 0.354. The van der Waals surface area contributed by atoms with Gasteiger partial charge >= 0.3 is 0 Å². The molecule has 3 aromatic carbocycles. The smallest absolute Gasteiger partial charge is 0.240 e. The van der Waals surface area contributed by atoms with Crippen molar-refractivity contribution in [3.05, 3.63) is 90.0 Å². The molecule has 0 saturated heterocycles. The number of nitrogens with one attached hydrogen (secondary N) is 2. The van der Waals surface area contributed by atoms with Gasteiger partial charge in [0, 0.05) is 23.5 Å². The van der Waals surface area contributed by atoms with E-state index in [1.165, 1.54) is 7.05 Å². The first-order valence-electron chi connectivity index (χ1n) is 10.5. The van der Waals surface area contributed by atoms with Crippen LogP contribution in [-0.2, 0) is 14.8 Å². The summed E-state index contributed by atoms with van der Waals surface area (Å²) >= 11 is 0. The van der Waals surface area contributed by atoms with Gasteiger partial charge < -0.3 is 15.4 Å². The summed E-state index contributed by atoms with van der Waals surface area (Å²) in [6.07, 6.45) is 1.05. The number of aliphatic imine (C=N–C) groups is 1. The van der Waals surface area contributed by atoms with Crippen LogP contribution in [0.1, 0.15) is 11.1 Å². The summed E-state index contributed by atoms with van der Waals surface area (Å²) in [6, 6.07) is 23.5. The lowest BCUT2D eigenvalue weighted by atomic mass is 10.0. The van der Waals surface area contributed by atoms with Crippen LogP contribution in [0.25, 0.3) is 10.9 Å². The number of aromatic amines is 1. The highest BCUT2D eigenvalue weighted by Crippen LogP contribution is 2.32. The SMILES string of the molecule is CNC(=O)CN(c1cccc(N=C(c2ccccc2)c2c(O)[nH]c3ccccc23)c1)S(C)(=O)=O. The lowest BCUT2D eigenvalue weighted by Crippen LogP contribution is -2.39. The van der Waals surface area contributed by atoms with Crippen molar-refractivity contribution in [3.8, 4) is 5.88 Å². The van der Waals surface area contributed by atoms with Gasteiger partial charge in [-0.2, -0.15) is 0 Å². The number of fused-ring (bicyclic) bond motifs is 1. The molecule has 34 heavy (non-hydrogen) atoms. The number of carbonyl (C=O) groups is 1. The molecule has 4 rings (SSSR count). The first kappa shape index (κ1) is 23.1. The molecule has 0 radical (unpaired) electrons. The predicted molar refractivity (Wildman–Crippen MR) is 134 cm³/mol. The Morgan fingerprint density at radius 2 is 1.74 bits per heavy atom. The van der Waals surface area contributed by atoms with E-state index in [9.17, 15) is 18.3 Å². The second-order valence-electron chi connectivity index (χ2n) is 7.68. The topological polar surface area (TPSA) is 115 Å². The largest absolute Gasteiger partial charge is 0.494 e. The zero-order valence-corrected chi connectivity index (χ0v) is 19.5. The summed E-state index contributed by atoms with van der Waals surface area (Å²) < 4.78 is 25.8. The Kier molecular flexibility index (Phi) is 6.38. The van der Waals surface area contributed by atoms with E-state index in [4.69, 9.17) is 4.99 Å². The average molecular weight is 477 g/mol. The van der Waals surface area contributed by atoms with Crippen LogP contribution in [0.4, 0.5) is 11.4 Å². The van der Waals surface area contributed by atoms with Crippen LogP contribution in [0, 0.1) is 0 Å². The molecule has 8 nitrogen and oxygen atoms in total. The number of sulfonamides is 1. The van der Waals surface area contributed by atoms with Crippen molar-refractivity contribution in [2.24, 2.45) is 4.99 Å². The summed E-state index contributed by atoms with van der Waals surface area (Å²) in [5.74, 6) is -0.453. The molecular weight excluding hydrogens is 452 g/mol. The van der Waals surface area contributed by atoms with Crippen molar-refractivity contribution in [2.45, 2.75) is 0 Å². The van der Waals surface area contributed by atoms with Gasteiger partial charge in [0.1, 0.15) is 6.54 Å². The van der Waals surface area contributed by atoms with Gasteiger partial charge in [0.15, 0.2) is 5.88 Å². The van der Waals surface area contributed by atoms with E-state index < -0.39 is 15.9 Å². The molecule has 1 amide bonds. The molecule has 0 unspecified atom stereocenters. The first-order chi connectivity index (χ1) is 16.3. The molecule has 0 atom stereocenters.